The normalized spacial score (nSPS) is 19.3. The zero-order chi connectivity index (χ0) is 13.1. The molecule has 0 bridgehead atoms. The fourth-order valence-electron chi connectivity index (χ4n) is 1.81. The predicted octanol–water partition coefficient (Wildman–Crippen LogP) is 1.46. The minimum atomic E-state index is -0.667. The van der Waals surface area contributed by atoms with Crippen LogP contribution in [0.4, 0.5) is 15.8 Å². The molecular formula is C11H10FN3O3. The summed E-state index contributed by atoms with van der Waals surface area (Å²) in [6.45, 7) is 1.08. The molecule has 1 heterocycles. The molecule has 0 N–H and O–H groups in total. The molecule has 1 aliphatic rings. The van der Waals surface area contributed by atoms with Gasteiger partial charge < -0.3 is 9.64 Å². The van der Waals surface area contributed by atoms with Crippen LogP contribution in [0.2, 0.25) is 0 Å². The number of nitrogens with zero attached hydrogens (tertiary/aromatic N) is 3. The van der Waals surface area contributed by atoms with Crippen molar-refractivity contribution in [1.82, 2.24) is 0 Å². The molecule has 94 valence electrons. The van der Waals surface area contributed by atoms with Gasteiger partial charge in [0.15, 0.2) is 6.10 Å². The molecule has 0 saturated carbocycles. The van der Waals surface area contributed by atoms with Crippen LogP contribution < -0.4 is 4.90 Å². The SMILES string of the molecule is N#CC1CN(c2cc(F)cc([N+](=O)[O-])c2)CCO1. The number of anilines is 1. The van der Waals surface area contributed by atoms with Gasteiger partial charge in [-0.2, -0.15) is 5.26 Å². The van der Waals surface area contributed by atoms with Gasteiger partial charge in [0.05, 0.1) is 30.2 Å². The lowest BCUT2D eigenvalue weighted by molar-refractivity contribution is -0.385. The van der Waals surface area contributed by atoms with Gasteiger partial charge >= 0.3 is 0 Å². The van der Waals surface area contributed by atoms with Crippen molar-refractivity contribution in [3.8, 4) is 6.07 Å². The monoisotopic (exact) mass is 251 g/mol. The molecule has 1 aliphatic heterocycles. The van der Waals surface area contributed by atoms with Gasteiger partial charge in [-0.1, -0.05) is 0 Å². The number of nitriles is 1. The summed E-state index contributed by atoms with van der Waals surface area (Å²) in [7, 11) is 0. The van der Waals surface area contributed by atoms with Crippen LogP contribution in [0.1, 0.15) is 0 Å². The number of morpholine rings is 1. The largest absolute Gasteiger partial charge is 0.365 e. The number of nitro groups is 1. The number of ether oxygens (including phenoxy) is 1. The highest BCUT2D eigenvalue weighted by Gasteiger charge is 2.22. The Balaban J connectivity index is 2.27. The van der Waals surface area contributed by atoms with Gasteiger partial charge in [-0.15, -0.1) is 0 Å². The van der Waals surface area contributed by atoms with E-state index in [-0.39, 0.29) is 12.2 Å². The van der Waals surface area contributed by atoms with Crippen molar-refractivity contribution in [3.63, 3.8) is 0 Å². The number of rotatable bonds is 2. The minimum absolute atomic E-state index is 0.275. The van der Waals surface area contributed by atoms with Gasteiger partial charge in [-0.25, -0.2) is 4.39 Å². The molecule has 0 aliphatic carbocycles. The van der Waals surface area contributed by atoms with Crippen LogP contribution in [0.5, 0.6) is 0 Å². The van der Waals surface area contributed by atoms with E-state index < -0.39 is 16.8 Å². The number of nitro benzene ring substituents is 1. The molecule has 6 nitrogen and oxygen atoms in total. The highest BCUT2D eigenvalue weighted by atomic mass is 19.1. The average Bonchev–Trinajstić information content (AvgIpc) is 2.38. The van der Waals surface area contributed by atoms with Crippen LogP contribution in [0, 0.1) is 27.3 Å². The zero-order valence-electron chi connectivity index (χ0n) is 9.38. The molecule has 1 aromatic rings. The van der Waals surface area contributed by atoms with Crippen LogP contribution in [0.3, 0.4) is 0 Å². The van der Waals surface area contributed by atoms with Crippen molar-refractivity contribution in [1.29, 1.82) is 5.26 Å². The topological polar surface area (TPSA) is 79.4 Å². The second kappa shape index (κ2) is 4.98. The van der Waals surface area contributed by atoms with Crippen molar-refractivity contribution in [2.45, 2.75) is 6.10 Å². The van der Waals surface area contributed by atoms with E-state index in [0.717, 1.165) is 6.07 Å². The van der Waals surface area contributed by atoms with Crippen LogP contribution >= 0.6 is 0 Å². The summed E-state index contributed by atoms with van der Waals surface area (Å²) in [5, 5.41) is 19.4. The lowest BCUT2D eigenvalue weighted by atomic mass is 10.2. The van der Waals surface area contributed by atoms with Crippen LogP contribution in [0.25, 0.3) is 0 Å². The third-order valence-corrected chi connectivity index (χ3v) is 2.65. The van der Waals surface area contributed by atoms with E-state index in [1.807, 2.05) is 6.07 Å². The first-order valence-corrected chi connectivity index (χ1v) is 5.31. The minimum Gasteiger partial charge on any atom is -0.365 e. The summed E-state index contributed by atoms with van der Waals surface area (Å²) in [5.74, 6) is -0.667. The molecule has 1 atom stereocenters. The van der Waals surface area contributed by atoms with Crippen molar-refractivity contribution in [3.05, 3.63) is 34.1 Å². The third-order valence-electron chi connectivity index (χ3n) is 2.65. The first kappa shape index (κ1) is 12.3. The molecule has 1 aromatic carbocycles. The molecule has 0 spiro atoms. The Morgan fingerprint density at radius 3 is 3.00 bits per heavy atom. The summed E-state index contributed by atoms with van der Waals surface area (Å²) < 4.78 is 18.5. The van der Waals surface area contributed by atoms with Crippen molar-refractivity contribution in [2.24, 2.45) is 0 Å². The third kappa shape index (κ3) is 2.55. The van der Waals surface area contributed by atoms with E-state index >= 15 is 0 Å². The second-order valence-corrected chi connectivity index (χ2v) is 3.86. The molecule has 2 rings (SSSR count). The van der Waals surface area contributed by atoms with Crippen LogP contribution in [-0.2, 0) is 4.74 Å². The molecule has 7 heteroatoms. The number of non-ortho nitro benzene ring substituents is 1. The summed E-state index contributed by atoms with van der Waals surface area (Å²) >= 11 is 0. The van der Waals surface area contributed by atoms with E-state index in [1.165, 1.54) is 12.1 Å². The Kier molecular flexibility index (Phi) is 3.39. The van der Waals surface area contributed by atoms with Crippen molar-refractivity contribution < 1.29 is 14.1 Å². The van der Waals surface area contributed by atoms with E-state index in [0.29, 0.717) is 18.8 Å². The number of hydrogen-bond donors (Lipinski definition) is 0. The Hall–Kier alpha value is -2.20. The Bertz CT molecular complexity index is 515. The van der Waals surface area contributed by atoms with Crippen LogP contribution in [-0.4, -0.2) is 30.7 Å². The Morgan fingerprint density at radius 1 is 1.56 bits per heavy atom. The summed E-state index contributed by atoms with van der Waals surface area (Å²) in [6, 6.07) is 5.34. The molecule has 1 unspecified atom stereocenters. The van der Waals surface area contributed by atoms with Gasteiger partial charge in [0.2, 0.25) is 0 Å². The maximum Gasteiger partial charge on any atom is 0.274 e. The summed E-state index contributed by atoms with van der Waals surface area (Å²) in [4.78, 5) is 11.7. The van der Waals surface area contributed by atoms with Crippen molar-refractivity contribution >= 4 is 11.4 Å². The standard InChI is InChI=1S/C11H10FN3O3/c12-8-3-9(5-10(4-8)15(16)17)14-1-2-18-11(6-13)7-14/h3-5,11H,1-2,7H2. The summed E-state index contributed by atoms with van der Waals surface area (Å²) in [5.41, 5.74) is 0.0928. The van der Waals surface area contributed by atoms with Gasteiger partial charge in [-0.05, 0) is 6.07 Å². The Morgan fingerprint density at radius 2 is 2.33 bits per heavy atom. The second-order valence-electron chi connectivity index (χ2n) is 3.86. The first-order valence-electron chi connectivity index (χ1n) is 5.31. The van der Waals surface area contributed by atoms with Crippen LogP contribution in [0.15, 0.2) is 18.2 Å². The maximum atomic E-state index is 13.3. The molecule has 1 saturated heterocycles. The van der Waals surface area contributed by atoms with E-state index in [9.17, 15) is 14.5 Å². The lowest BCUT2D eigenvalue weighted by Crippen LogP contribution is -2.41. The predicted molar refractivity (Wildman–Crippen MR) is 60.6 cm³/mol. The van der Waals surface area contributed by atoms with Gasteiger partial charge in [0.25, 0.3) is 5.69 Å². The smallest absolute Gasteiger partial charge is 0.274 e. The zero-order valence-corrected chi connectivity index (χ0v) is 9.38. The van der Waals surface area contributed by atoms with Gasteiger partial charge in [0, 0.05) is 18.3 Å². The average molecular weight is 251 g/mol. The molecule has 1 fully saturated rings. The van der Waals surface area contributed by atoms with E-state index in [4.69, 9.17) is 10.00 Å². The molecular weight excluding hydrogens is 241 g/mol. The fraction of sp³-hybridized carbons (Fsp3) is 0.364. The Labute approximate surface area is 102 Å². The molecule has 0 radical (unpaired) electrons. The number of benzene rings is 1. The highest BCUT2D eigenvalue weighted by molar-refractivity contribution is 5.54. The van der Waals surface area contributed by atoms with E-state index in [1.54, 1.807) is 4.90 Å². The molecule has 0 aromatic heterocycles. The first-order chi connectivity index (χ1) is 8.60. The quantitative estimate of drug-likeness (QED) is 0.587. The van der Waals surface area contributed by atoms with Gasteiger partial charge in [-0.3, -0.25) is 10.1 Å². The number of hydrogen-bond acceptors (Lipinski definition) is 5. The van der Waals surface area contributed by atoms with Crippen molar-refractivity contribution in [2.75, 3.05) is 24.6 Å². The lowest BCUT2D eigenvalue weighted by Gasteiger charge is -2.31. The van der Waals surface area contributed by atoms with E-state index in [2.05, 4.69) is 0 Å². The highest BCUT2D eigenvalue weighted by Crippen LogP contribution is 2.24. The molecule has 18 heavy (non-hydrogen) atoms. The summed E-state index contributed by atoms with van der Waals surface area (Å²) in [6.07, 6.45) is -0.596. The maximum absolute atomic E-state index is 13.3. The van der Waals surface area contributed by atoms with Gasteiger partial charge in [0.1, 0.15) is 5.82 Å². The molecule has 0 amide bonds. The number of halogens is 1. The fourth-order valence-corrected chi connectivity index (χ4v) is 1.81.